The van der Waals surface area contributed by atoms with E-state index in [4.69, 9.17) is 9.47 Å². The monoisotopic (exact) mass is 539 g/mol. The van der Waals surface area contributed by atoms with Crippen LogP contribution in [-0.4, -0.2) is 26.7 Å². The molecule has 0 amide bonds. The van der Waals surface area contributed by atoms with Crippen LogP contribution in [-0.2, 0) is 13.1 Å². The molecule has 0 saturated carbocycles. The summed E-state index contributed by atoms with van der Waals surface area (Å²) in [5.41, 5.74) is 1.01. The van der Waals surface area contributed by atoms with Crippen molar-refractivity contribution in [2.24, 2.45) is 4.99 Å². The molecule has 0 fully saturated rings. The van der Waals surface area contributed by atoms with E-state index in [-0.39, 0.29) is 24.0 Å². The zero-order valence-corrected chi connectivity index (χ0v) is 19.2. The molecule has 25 heavy (non-hydrogen) atoms. The van der Waals surface area contributed by atoms with Crippen LogP contribution in [0.1, 0.15) is 17.4 Å². The molecule has 1 aromatic heterocycles. The number of ether oxygens (including phenoxy) is 2. The predicted octanol–water partition coefficient (Wildman–Crippen LogP) is 4.40. The standard InChI is InChI=1S/C17H22BrN3O2S.HI/c1-4-19-17(21-10-15-7-13(18)11-24-15)20-9-12-5-6-14(22-2)8-16(12)23-3;/h5-8,11H,4,9-10H2,1-3H3,(H2,19,20,21);1H. The molecule has 1 heterocycles. The van der Waals surface area contributed by atoms with Gasteiger partial charge in [0, 0.05) is 32.9 Å². The second-order valence-corrected chi connectivity index (χ2v) is 6.87. The maximum atomic E-state index is 5.42. The Morgan fingerprint density at radius 1 is 1.20 bits per heavy atom. The van der Waals surface area contributed by atoms with Gasteiger partial charge < -0.3 is 20.1 Å². The molecule has 0 radical (unpaired) electrons. The van der Waals surface area contributed by atoms with Gasteiger partial charge in [-0.1, -0.05) is 0 Å². The Balaban J connectivity index is 0.00000312. The average Bonchev–Trinajstić information content (AvgIpc) is 3.02. The van der Waals surface area contributed by atoms with Crippen LogP contribution in [0.2, 0.25) is 0 Å². The van der Waals surface area contributed by atoms with Crippen molar-refractivity contribution in [1.29, 1.82) is 0 Å². The lowest BCUT2D eigenvalue weighted by Crippen LogP contribution is -2.36. The van der Waals surface area contributed by atoms with Gasteiger partial charge in [-0.15, -0.1) is 35.3 Å². The molecule has 0 spiro atoms. The van der Waals surface area contributed by atoms with E-state index in [1.54, 1.807) is 25.6 Å². The van der Waals surface area contributed by atoms with Crippen molar-refractivity contribution in [3.05, 3.63) is 44.6 Å². The van der Waals surface area contributed by atoms with Gasteiger partial charge in [-0.3, -0.25) is 0 Å². The maximum Gasteiger partial charge on any atom is 0.191 e. The second-order valence-electron chi connectivity index (χ2n) is 4.96. The molecular formula is C17H23BrIN3O2S. The Bertz CT molecular complexity index is 694. The molecule has 0 saturated heterocycles. The number of rotatable bonds is 7. The highest BCUT2D eigenvalue weighted by atomic mass is 127. The van der Waals surface area contributed by atoms with Gasteiger partial charge >= 0.3 is 0 Å². The third kappa shape index (κ3) is 7.02. The number of methoxy groups -OCH3 is 2. The molecule has 0 aliphatic rings. The molecule has 2 rings (SSSR count). The van der Waals surface area contributed by atoms with E-state index in [9.17, 15) is 0 Å². The van der Waals surface area contributed by atoms with Crippen molar-refractivity contribution >= 4 is 57.2 Å². The van der Waals surface area contributed by atoms with Gasteiger partial charge in [0.05, 0.1) is 27.3 Å². The van der Waals surface area contributed by atoms with E-state index >= 15 is 0 Å². The van der Waals surface area contributed by atoms with E-state index in [0.29, 0.717) is 6.54 Å². The van der Waals surface area contributed by atoms with Crippen LogP contribution in [0, 0.1) is 0 Å². The van der Waals surface area contributed by atoms with Gasteiger partial charge in [-0.2, -0.15) is 0 Å². The van der Waals surface area contributed by atoms with Crippen LogP contribution in [0.4, 0.5) is 0 Å². The fraction of sp³-hybridized carbons (Fsp3) is 0.353. The highest BCUT2D eigenvalue weighted by Crippen LogP contribution is 2.25. The van der Waals surface area contributed by atoms with E-state index in [2.05, 4.69) is 43.0 Å². The summed E-state index contributed by atoms with van der Waals surface area (Å²) in [4.78, 5) is 5.88. The van der Waals surface area contributed by atoms with Crippen molar-refractivity contribution in [1.82, 2.24) is 10.6 Å². The smallest absolute Gasteiger partial charge is 0.191 e. The van der Waals surface area contributed by atoms with E-state index in [1.165, 1.54) is 4.88 Å². The minimum Gasteiger partial charge on any atom is -0.497 e. The zero-order valence-electron chi connectivity index (χ0n) is 14.5. The topological polar surface area (TPSA) is 54.9 Å². The summed E-state index contributed by atoms with van der Waals surface area (Å²) in [7, 11) is 3.29. The molecule has 0 unspecified atom stereocenters. The predicted molar refractivity (Wildman–Crippen MR) is 119 cm³/mol. The number of halogens is 2. The molecule has 8 heteroatoms. The van der Waals surface area contributed by atoms with Crippen molar-refractivity contribution in [3.63, 3.8) is 0 Å². The van der Waals surface area contributed by atoms with Crippen LogP contribution in [0.5, 0.6) is 11.5 Å². The van der Waals surface area contributed by atoms with Crippen LogP contribution in [0.25, 0.3) is 0 Å². The highest BCUT2D eigenvalue weighted by molar-refractivity contribution is 14.0. The van der Waals surface area contributed by atoms with Crippen molar-refractivity contribution in [2.75, 3.05) is 20.8 Å². The van der Waals surface area contributed by atoms with Crippen molar-refractivity contribution in [3.8, 4) is 11.5 Å². The summed E-state index contributed by atoms with van der Waals surface area (Å²) in [6, 6.07) is 7.86. The fourth-order valence-corrected chi connectivity index (χ4v) is 3.50. The van der Waals surface area contributed by atoms with Crippen LogP contribution in [0.3, 0.4) is 0 Å². The van der Waals surface area contributed by atoms with Crippen molar-refractivity contribution < 1.29 is 9.47 Å². The first-order valence-corrected chi connectivity index (χ1v) is 9.29. The van der Waals surface area contributed by atoms with Gasteiger partial charge in [0.25, 0.3) is 0 Å². The summed E-state index contributed by atoms with van der Waals surface area (Å²) < 4.78 is 11.7. The minimum absolute atomic E-state index is 0. The zero-order chi connectivity index (χ0) is 17.4. The fourth-order valence-electron chi connectivity index (χ4n) is 2.11. The van der Waals surface area contributed by atoms with Gasteiger partial charge in [0.15, 0.2) is 5.96 Å². The number of hydrogen-bond donors (Lipinski definition) is 2. The lowest BCUT2D eigenvalue weighted by atomic mass is 10.2. The van der Waals surface area contributed by atoms with E-state index in [1.807, 2.05) is 25.1 Å². The van der Waals surface area contributed by atoms with Crippen molar-refractivity contribution in [2.45, 2.75) is 20.0 Å². The number of hydrogen-bond acceptors (Lipinski definition) is 4. The molecule has 5 nitrogen and oxygen atoms in total. The second kappa shape index (κ2) is 11.6. The number of aliphatic imine (C=N–C) groups is 1. The third-order valence-electron chi connectivity index (χ3n) is 3.30. The molecule has 0 aliphatic carbocycles. The molecular weight excluding hydrogens is 517 g/mol. The summed E-state index contributed by atoms with van der Waals surface area (Å²) >= 11 is 5.18. The summed E-state index contributed by atoms with van der Waals surface area (Å²) in [6.45, 7) is 4.12. The molecule has 2 N–H and O–H groups in total. The molecule has 138 valence electrons. The number of benzene rings is 1. The highest BCUT2D eigenvalue weighted by Gasteiger charge is 2.06. The van der Waals surface area contributed by atoms with Crippen LogP contribution >= 0.6 is 51.2 Å². The maximum absolute atomic E-state index is 5.42. The van der Waals surface area contributed by atoms with E-state index < -0.39 is 0 Å². The van der Waals surface area contributed by atoms with Gasteiger partial charge in [-0.25, -0.2) is 4.99 Å². The Morgan fingerprint density at radius 2 is 2.00 bits per heavy atom. The normalized spacial score (nSPS) is 10.8. The van der Waals surface area contributed by atoms with Crippen LogP contribution < -0.4 is 20.1 Å². The van der Waals surface area contributed by atoms with Crippen LogP contribution in [0.15, 0.2) is 39.1 Å². The Hall–Kier alpha value is -1.000. The Labute approximate surface area is 178 Å². The first-order chi connectivity index (χ1) is 11.7. The Morgan fingerprint density at radius 3 is 2.60 bits per heavy atom. The molecule has 2 aromatic rings. The van der Waals surface area contributed by atoms with Gasteiger partial charge in [-0.05, 0) is 41.1 Å². The quantitative estimate of drug-likeness (QED) is 0.311. The molecule has 0 bridgehead atoms. The van der Waals surface area contributed by atoms with Gasteiger partial charge in [0.1, 0.15) is 11.5 Å². The third-order valence-corrected chi connectivity index (χ3v) is 5.00. The number of thiophene rings is 1. The van der Waals surface area contributed by atoms with E-state index in [0.717, 1.165) is 40.6 Å². The molecule has 0 atom stereocenters. The summed E-state index contributed by atoms with van der Waals surface area (Å²) in [5.74, 6) is 2.32. The number of nitrogens with one attached hydrogen (secondary N) is 2. The number of guanidine groups is 1. The summed E-state index contributed by atoms with van der Waals surface area (Å²) in [6.07, 6.45) is 0. The molecule has 0 aliphatic heterocycles. The molecule has 1 aromatic carbocycles. The first-order valence-electron chi connectivity index (χ1n) is 7.62. The largest absolute Gasteiger partial charge is 0.497 e. The number of nitrogens with zero attached hydrogens (tertiary/aromatic N) is 1. The lowest BCUT2D eigenvalue weighted by molar-refractivity contribution is 0.391. The lowest BCUT2D eigenvalue weighted by Gasteiger charge is -2.12. The minimum atomic E-state index is 0. The SMILES string of the molecule is CCNC(=NCc1ccc(OC)cc1OC)NCc1cc(Br)cs1.I. The summed E-state index contributed by atoms with van der Waals surface area (Å²) in [5, 5.41) is 8.67. The Kier molecular flexibility index (Phi) is 10.2. The van der Waals surface area contributed by atoms with Gasteiger partial charge in [0.2, 0.25) is 0 Å². The average molecular weight is 540 g/mol. The first kappa shape index (κ1) is 22.0.